The van der Waals surface area contributed by atoms with Crippen molar-refractivity contribution in [1.29, 1.82) is 0 Å². The summed E-state index contributed by atoms with van der Waals surface area (Å²) >= 11 is 0. The lowest BCUT2D eigenvalue weighted by Gasteiger charge is -2.20. The maximum atomic E-state index is 15.4. The number of sulfonamides is 1. The molecule has 3 aromatic rings. The number of halogens is 4. The SMILES string of the molecule is Cc1ccnc(C(F)(F)F)c1-c1cc2c(cc1F)c(CNS(=O)(=O)C1CC1)cn2CC(C)(C)C. The van der Waals surface area contributed by atoms with Gasteiger partial charge in [-0.3, -0.25) is 4.98 Å². The van der Waals surface area contributed by atoms with Gasteiger partial charge >= 0.3 is 6.18 Å². The van der Waals surface area contributed by atoms with Gasteiger partial charge in [0.25, 0.3) is 0 Å². The number of aryl methyl sites for hydroxylation is 1. The summed E-state index contributed by atoms with van der Waals surface area (Å²) in [4.78, 5) is 3.50. The van der Waals surface area contributed by atoms with Gasteiger partial charge in [-0.2, -0.15) is 13.2 Å². The van der Waals surface area contributed by atoms with Crippen molar-refractivity contribution in [3.05, 3.63) is 53.2 Å². The minimum absolute atomic E-state index is 0.0228. The van der Waals surface area contributed by atoms with Gasteiger partial charge in [0.15, 0.2) is 5.69 Å². The van der Waals surface area contributed by atoms with E-state index in [9.17, 15) is 21.6 Å². The smallest absolute Gasteiger partial charge is 0.347 e. The van der Waals surface area contributed by atoms with Crippen LogP contribution in [0.1, 0.15) is 50.4 Å². The van der Waals surface area contributed by atoms with Crippen LogP contribution in [-0.4, -0.2) is 23.2 Å². The number of pyridine rings is 1. The first-order chi connectivity index (χ1) is 15.7. The highest BCUT2D eigenvalue weighted by Gasteiger charge is 2.37. The van der Waals surface area contributed by atoms with Crippen molar-refractivity contribution >= 4 is 20.9 Å². The Bertz CT molecular complexity index is 1350. The molecule has 4 rings (SSSR count). The van der Waals surface area contributed by atoms with E-state index in [1.54, 1.807) is 6.20 Å². The molecule has 0 spiro atoms. The fraction of sp³-hybridized carbons (Fsp3) is 0.458. The van der Waals surface area contributed by atoms with E-state index in [2.05, 4.69) is 9.71 Å². The first kappa shape index (κ1) is 24.7. The van der Waals surface area contributed by atoms with Gasteiger partial charge in [0.1, 0.15) is 5.82 Å². The molecule has 0 unspecified atom stereocenters. The highest BCUT2D eigenvalue weighted by Crippen LogP contribution is 2.40. The van der Waals surface area contributed by atoms with Crippen LogP contribution >= 0.6 is 0 Å². The highest BCUT2D eigenvalue weighted by molar-refractivity contribution is 7.90. The molecule has 0 aliphatic heterocycles. The number of alkyl halides is 3. The van der Waals surface area contributed by atoms with E-state index in [4.69, 9.17) is 0 Å². The average molecular weight is 498 g/mol. The lowest BCUT2D eigenvalue weighted by molar-refractivity contribution is -0.140. The Morgan fingerprint density at radius 3 is 2.44 bits per heavy atom. The Morgan fingerprint density at radius 1 is 1.18 bits per heavy atom. The largest absolute Gasteiger partial charge is 0.433 e. The third kappa shape index (κ3) is 4.98. The lowest BCUT2D eigenvalue weighted by atomic mass is 9.95. The maximum Gasteiger partial charge on any atom is 0.433 e. The number of fused-ring (bicyclic) bond motifs is 1. The standard InChI is InChI=1S/C24H27F4N3O2S/c1-14-7-8-29-22(24(26,27)28)21(14)18-10-20-17(9-19(18)25)15(12-31(20)13-23(2,3)4)11-30-34(32,33)16-5-6-16/h7-10,12,16,30H,5-6,11,13H2,1-4H3. The third-order valence-electron chi connectivity index (χ3n) is 5.82. The molecular formula is C24H27F4N3O2S. The van der Waals surface area contributed by atoms with Crippen LogP contribution in [0.5, 0.6) is 0 Å². The van der Waals surface area contributed by atoms with Crippen LogP contribution in [0, 0.1) is 18.2 Å². The molecule has 1 fully saturated rings. The molecule has 0 atom stereocenters. The first-order valence-electron chi connectivity index (χ1n) is 11.0. The van der Waals surface area contributed by atoms with Crippen molar-refractivity contribution in [1.82, 2.24) is 14.3 Å². The van der Waals surface area contributed by atoms with Gasteiger partial charge in [0, 0.05) is 47.5 Å². The number of hydrogen-bond donors (Lipinski definition) is 1. The summed E-state index contributed by atoms with van der Waals surface area (Å²) in [6.07, 6.45) is -0.710. The molecule has 184 valence electrons. The van der Waals surface area contributed by atoms with Gasteiger partial charge in [0.05, 0.1) is 5.25 Å². The Kier molecular flexibility index (Phi) is 6.05. The lowest BCUT2D eigenvalue weighted by Crippen LogP contribution is -2.26. The zero-order valence-electron chi connectivity index (χ0n) is 19.4. The van der Waals surface area contributed by atoms with Crippen LogP contribution < -0.4 is 4.72 Å². The summed E-state index contributed by atoms with van der Waals surface area (Å²) in [7, 11) is -3.45. The van der Waals surface area contributed by atoms with Gasteiger partial charge < -0.3 is 4.57 Å². The first-order valence-corrected chi connectivity index (χ1v) is 12.5. The van der Waals surface area contributed by atoms with Crippen LogP contribution in [0.4, 0.5) is 17.6 Å². The molecule has 0 amide bonds. The van der Waals surface area contributed by atoms with Crippen molar-refractivity contribution in [2.24, 2.45) is 5.41 Å². The van der Waals surface area contributed by atoms with E-state index in [1.165, 1.54) is 25.1 Å². The molecule has 1 saturated carbocycles. The molecule has 1 aliphatic carbocycles. The number of benzene rings is 1. The zero-order valence-corrected chi connectivity index (χ0v) is 20.2. The fourth-order valence-electron chi connectivity index (χ4n) is 4.15. The number of nitrogens with one attached hydrogen (secondary N) is 1. The van der Waals surface area contributed by atoms with Crippen LogP contribution in [0.25, 0.3) is 22.0 Å². The molecule has 1 aliphatic rings. The zero-order chi connectivity index (χ0) is 25.1. The van der Waals surface area contributed by atoms with Crippen LogP contribution in [-0.2, 0) is 29.3 Å². The normalized spacial score (nSPS) is 15.3. The molecule has 1 aromatic carbocycles. The quantitative estimate of drug-likeness (QED) is 0.438. The van der Waals surface area contributed by atoms with Gasteiger partial charge in [-0.1, -0.05) is 20.8 Å². The Balaban J connectivity index is 1.88. The van der Waals surface area contributed by atoms with Gasteiger partial charge in [0.2, 0.25) is 10.0 Å². The van der Waals surface area contributed by atoms with Crippen LogP contribution in [0.15, 0.2) is 30.6 Å². The Hall–Kier alpha value is -2.46. The van der Waals surface area contributed by atoms with E-state index < -0.39 is 33.0 Å². The minimum Gasteiger partial charge on any atom is -0.347 e. The van der Waals surface area contributed by atoms with Gasteiger partial charge in [-0.05, 0) is 54.5 Å². The molecule has 2 aromatic heterocycles. The molecule has 2 heterocycles. The van der Waals surface area contributed by atoms with E-state index in [-0.39, 0.29) is 28.7 Å². The van der Waals surface area contributed by atoms with Gasteiger partial charge in [-0.15, -0.1) is 0 Å². The van der Waals surface area contributed by atoms with Crippen molar-refractivity contribution in [3.63, 3.8) is 0 Å². The highest BCUT2D eigenvalue weighted by atomic mass is 32.2. The third-order valence-corrected chi connectivity index (χ3v) is 7.72. The maximum absolute atomic E-state index is 15.4. The fourth-order valence-corrected chi connectivity index (χ4v) is 5.49. The van der Waals surface area contributed by atoms with E-state index in [1.807, 2.05) is 25.3 Å². The molecule has 5 nitrogen and oxygen atoms in total. The second-order valence-electron chi connectivity index (χ2n) is 10.1. The monoisotopic (exact) mass is 497 g/mol. The summed E-state index contributed by atoms with van der Waals surface area (Å²) in [5, 5.41) is 0.0622. The second kappa shape index (κ2) is 8.34. The molecule has 10 heteroatoms. The molecule has 0 bridgehead atoms. The van der Waals surface area contributed by atoms with Crippen molar-refractivity contribution < 1.29 is 26.0 Å². The van der Waals surface area contributed by atoms with E-state index in [0.29, 0.717) is 35.9 Å². The summed E-state index contributed by atoms with van der Waals surface area (Å²) in [5.74, 6) is -0.825. The second-order valence-corrected chi connectivity index (χ2v) is 12.2. The number of nitrogens with zero attached hydrogens (tertiary/aromatic N) is 2. The molecule has 0 radical (unpaired) electrons. The average Bonchev–Trinajstić information content (AvgIpc) is 3.50. The predicted octanol–water partition coefficient (Wildman–Crippen LogP) is 5.80. The van der Waals surface area contributed by atoms with Crippen molar-refractivity contribution in [3.8, 4) is 11.1 Å². The van der Waals surface area contributed by atoms with E-state index in [0.717, 1.165) is 6.20 Å². The van der Waals surface area contributed by atoms with Crippen molar-refractivity contribution in [2.45, 2.75) is 65.1 Å². The minimum atomic E-state index is -4.75. The van der Waals surface area contributed by atoms with E-state index >= 15 is 4.39 Å². The van der Waals surface area contributed by atoms with Crippen molar-refractivity contribution in [2.75, 3.05) is 0 Å². The van der Waals surface area contributed by atoms with Gasteiger partial charge in [-0.25, -0.2) is 17.5 Å². The number of hydrogen-bond acceptors (Lipinski definition) is 3. The number of aromatic nitrogens is 2. The molecule has 34 heavy (non-hydrogen) atoms. The molecule has 1 N–H and O–H groups in total. The predicted molar refractivity (Wildman–Crippen MR) is 123 cm³/mol. The number of rotatable bonds is 6. The molecule has 0 saturated heterocycles. The van der Waals surface area contributed by atoms with Crippen LogP contribution in [0.3, 0.4) is 0 Å². The topological polar surface area (TPSA) is 64.0 Å². The Labute approximate surface area is 196 Å². The molecular weight excluding hydrogens is 470 g/mol. The Morgan fingerprint density at radius 2 is 1.85 bits per heavy atom. The summed E-state index contributed by atoms with van der Waals surface area (Å²) in [5.41, 5.74) is -0.468. The van der Waals surface area contributed by atoms with Crippen LogP contribution in [0.2, 0.25) is 0 Å². The summed E-state index contributed by atoms with van der Waals surface area (Å²) in [6.45, 7) is 7.98. The summed E-state index contributed by atoms with van der Waals surface area (Å²) < 4.78 is 85.5. The summed E-state index contributed by atoms with van der Waals surface area (Å²) in [6, 6.07) is 4.02.